The normalized spacial score (nSPS) is 17.8. The molecule has 0 spiro atoms. The topological polar surface area (TPSA) is 109 Å². The van der Waals surface area contributed by atoms with Gasteiger partial charge in [0, 0.05) is 18.7 Å². The molecular weight excluding hydrogens is 340 g/mol. The Balaban J connectivity index is 1.68. The molecule has 1 aliphatic rings. The summed E-state index contributed by atoms with van der Waals surface area (Å²) in [5.74, 6) is -0.363. The summed E-state index contributed by atoms with van der Waals surface area (Å²) in [4.78, 5) is 14.2. The number of nitrogens with zero attached hydrogens (tertiary/aromatic N) is 2. The number of aromatic nitrogens is 2. The lowest BCUT2D eigenvalue weighted by molar-refractivity contribution is 0.0782. The summed E-state index contributed by atoms with van der Waals surface area (Å²) in [7, 11) is -3.52. The maximum absolute atomic E-state index is 12.6. The highest BCUT2D eigenvalue weighted by Crippen LogP contribution is 2.22. The molecule has 3 rings (SSSR count). The minimum Gasteiger partial charge on any atom is -0.337 e. The van der Waals surface area contributed by atoms with Crippen LogP contribution in [0.2, 0.25) is 0 Å². The largest absolute Gasteiger partial charge is 0.337 e. The van der Waals surface area contributed by atoms with Crippen LogP contribution in [0.25, 0.3) is 11.3 Å². The summed E-state index contributed by atoms with van der Waals surface area (Å²) in [5.41, 5.74) is 3.31. The summed E-state index contributed by atoms with van der Waals surface area (Å²) >= 11 is 0. The van der Waals surface area contributed by atoms with Crippen LogP contribution in [0.3, 0.4) is 0 Å². The van der Waals surface area contributed by atoms with Crippen LogP contribution in [0.15, 0.2) is 30.3 Å². The highest BCUT2D eigenvalue weighted by Gasteiger charge is 2.30. The molecule has 3 N–H and O–H groups in total. The third-order valence-electron chi connectivity index (χ3n) is 4.51. The zero-order valence-electron chi connectivity index (χ0n) is 14.1. The molecule has 1 aromatic heterocycles. The van der Waals surface area contributed by atoms with E-state index in [0.29, 0.717) is 30.9 Å². The molecule has 25 heavy (non-hydrogen) atoms. The molecule has 0 bridgehead atoms. The number of nitrogens with two attached hydrogens (primary N) is 1. The van der Waals surface area contributed by atoms with E-state index >= 15 is 0 Å². The smallest absolute Gasteiger partial charge is 0.271 e. The van der Waals surface area contributed by atoms with E-state index < -0.39 is 10.0 Å². The summed E-state index contributed by atoms with van der Waals surface area (Å²) < 4.78 is 22.4. The number of hydrogen-bond donors (Lipinski definition) is 2. The lowest BCUT2D eigenvalue weighted by Gasteiger charge is -2.15. The zero-order chi connectivity index (χ0) is 18.0. The third kappa shape index (κ3) is 4.26. The number of rotatable bonds is 5. The number of sulfonamides is 1. The second-order valence-corrected chi connectivity index (χ2v) is 8.11. The number of aromatic amines is 1. The molecule has 1 saturated heterocycles. The zero-order valence-corrected chi connectivity index (χ0v) is 14.9. The van der Waals surface area contributed by atoms with Crippen LogP contribution in [0.1, 0.15) is 29.4 Å². The summed E-state index contributed by atoms with van der Waals surface area (Å²) in [5, 5.41) is 12.1. The number of likely N-dealkylation sites (tertiary alicyclic amines) is 1. The van der Waals surface area contributed by atoms with Crippen molar-refractivity contribution in [1.82, 2.24) is 15.1 Å². The van der Waals surface area contributed by atoms with E-state index in [9.17, 15) is 13.2 Å². The summed E-state index contributed by atoms with van der Waals surface area (Å²) in [6.45, 7) is 3.02. The van der Waals surface area contributed by atoms with Crippen molar-refractivity contribution >= 4 is 15.9 Å². The molecule has 0 aliphatic carbocycles. The predicted octanol–water partition coefficient (Wildman–Crippen LogP) is 1.39. The Labute approximate surface area is 147 Å². The number of nitrogens with one attached hydrogen (secondary N) is 1. The lowest BCUT2D eigenvalue weighted by atomic mass is 10.1. The van der Waals surface area contributed by atoms with Crippen molar-refractivity contribution in [3.63, 3.8) is 0 Å². The van der Waals surface area contributed by atoms with E-state index in [-0.39, 0.29) is 17.6 Å². The molecule has 134 valence electrons. The average molecular weight is 362 g/mol. The molecule has 1 atom stereocenters. The van der Waals surface area contributed by atoms with Crippen LogP contribution in [0, 0.1) is 5.92 Å². The van der Waals surface area contributed by atoms with Crippen molar-refractivity contribution in [2.45, 2.75) is 19.8 Å². The first-order valence-corrected chi connectivity index (χ1v) is 10.0. The summed E-state index contributed by atoms with van der Waals surface area (Å²) in [6.07, 6.45) is 1.61. The van der Waals surface area contributed by atoms with Crippen molar-refractivity contribution in [3.05, 3.63) is 41.6 Å². The SMILES string of the molecule is CCc1ccc(-c2cc(C(=O)N3CC[C@@H](CS(N)(=O)=O)C3)[nH]n2)cc1. The molecule has 1 aromatic carbocycles. The van der Waals surface area contributed by atoms with E-state index in [1.807, 2.05) is 24.3 Å². The fourth-order valence-electron chi connectivity index (χ4n) is 3.14. The van der Waals surface area contributed by atoms with Crippen LogP contribution in [-0.2, 0) is 16.4 Å². The number of carbonyl (C=O) groups is 1. The Hall–Kier alpha value is -2.19. The predicted molar refractivity (Wildman–Crippen MR) is 95.4 cm³/mol. The van der Waals surface area contributed by atoms with Gasteiger partial charge in [-0.15, -0.1) is 0 Å². The van der Waals surface area contributed by atoms with Gasteiger partial charge in [-0.1, -0.05) is 31.2 Å². The van der Waals surface area contributed by atoms with Gasteiger partial charge in [-0.25, -0.2) is 13.6 Å². The van der Waals surface area contributed by atoms with Crippen LogP contribution >= 0.6 is 0 Å². The molecule has 1 amide bonds. The number of hydrogen-bond acceptors (Lipinski definition) is 4. The Bertz CT molecular complexity index is 858. The summed E-state index contributed by atoms with van der Waals surface area (Å²) in [6, 6.07) is 9.80. The molecule has 0 unspecified atom stereocenters. The highest BCUT2D eigenvalue weighted by atomic mass is 32.2. The molecule has 0 saturated carbocycles. The van der Waals surface area contributed by atoms with Gasteiger partial charge >= 0.3 is 0 Å². The van der Waals surface area contributed by atoms with Crippen LogP contribution < -0.4 is 5.14 Å². The van der Waals surface area contributed by atoms with E-state index in [2.05, 4.69) is 17.1 Å². The van der Waals surface area contributed by atoms with Crippen LogP contribution in [0.4, 0.5) is 0 Å². The van der Waals surface area contributed by atoms with Gasteiger partial charge < -0.3 is 4.90 Å². The Morgan fingerprint density at radius 1 is 1.36 bits per heavy atom. The van der Waals surface area contributed by atoms with Gasteiger partial charge in [0.1, 0.15) is 5.69 Å². The minimum absolute atomic E-state index is 0.0885. The number of amides is 1. The molecule has 1 aliphatic heterocycles. The number of primary sulfonamides is 1. The Morgan fingerprint density at radius 2 is 2.08 bits per heavy atom. The van der Waals surface area contributed by atoms with Crippen molar-refractivity contribution in [2.24, 2.45) is 11.1 Å². The van der Waals surface area contributed by atoms with E-state index in [4.69, 9.17) is 5.14 Å². The van der Waals surface area contributed by atoms with Crippen molar-refractivity contribution in [2.75, 3.05) is 18.8 Å². The number of H-pyrrole nitrogens is 1. The molecule has 8 heteroatoms. The van der Waals surface area contributed by atoms with Crippen molar-refractivity contribution < 1.29 is 13.2 Å². The maximum atomic E-state index is 12.6. The van der Waals surface area contributed by atoms with Crippen molar-refractivity contribution in [1.29, 1.82) is 0 Å². The maximum Gasteiger partial charge on any atom is 0.271 e. The fourth-order valence-corrected chi connectivity index (χ4v) is 4.07. The second kappa shape index (κ2) is 6.97. The van der Waals surface area contributed by atoms with Gasteiger partial charge in [0.05, 0.1) is 11.4 Å². The van der Waals surface area contributed by atoms with Gasteiger partial charge in [0.2, 0.25) is 10.0 Å². The fraction of sp³-hybridized carbons (Fsp3) is 0.412. The first-order chi connectivity index (χ1) is 11.9. The third-order valence-corrected chi connectivity index (χ3v) is 5.44. The van der Waals surface area contributed by atoms with Gasteiger partial charge in [0.15, 0.2) is 0 Å². The average Bonchev–Trinajstić information content (AvgIpc) is 3.22. The van der Waals surface area contributed by atoms with E-state index in [1.165, 1.54) is 5.56 Å². The van der Waals surface area contributed by atoms with Gasteiger partial charge in [0.25, 0.3) is 5.91 Å². The number of carbonyl (C=O) groups excluding carboxylic acids is 1. The standard InChI is InChI=1S/C17H22N4O3S/c1-2-12-3-5-14(6-4-12)15-9-16(20-19-15)17(22)21-8-7-13(10-21)11-25(18,23)24/h3-6,9,13H,2,7-8,10-11H2,1H3,(H,19,20)(H2,18,23,24)/t13-/m1/s1. The minimum atomic E-state index is -3.52. The van der Waals surface area contributed by atoms with Crippen molar-refractivity contribution in [3.8, 4) is 11.3 Å². The number of benzene rings is 1. The van der Waals surface area contributed by atoms with Gasteiger partial charge in [-0.05, 0) is 30.4 Å². The molecule has 7 nitrogen and oxygen atoms in total. The van der Waals surface area contributed by atoms with Crippen LogP contribution in [-0.4, -0.2) is 48.3 Å². The second-order valence-electron chi connectivity index (χ2n) is 6.45. The highest BCUT2D eigenvalue weighted by molar-refractivity contribution is 7.89. The Morgan fingerprint density at radius 3 is 2.72 bits per heavy atom. The molecular formula is C17H22N4O3S. The molecule has 2 aromatic rings. The first kappa shape index (κ1) is 17.6. The monoisotopic (exact) mass is 362 g/mol. The quantitative estimate of drug-likeness (QED) is 0.837. The van der Waals surface area contributed by atoms with Gasteiger partial charge in [-0.2, -0.15) is 5.10 Å². The van der Waals surface area contributed by atoms with E-state index in [0.717, 1.165) is 12.0 Å². The Kier molecular flexibility index (Phi) is 4.91. The molecule has 1 fully saturated rings. The van der Waals surface area contributed by atoms with Gasteiger partial charge in [-0.3, -0.25) is 9.89 Å². The lowest BCUT2D eigenvalue weighted by Crippen LogP contribution is -2.31. The molecule has 2 heterocycles. The molecule has 0 radical (unpaired) electrons. The van der Waals surface area contributed by atoms with E-state index in [1.54, 1.807) is 11.0 Å². The van der Waals surface area contributed by atoms with Crippen LogP contribution in [0.5, 0.6) is 0 Å². The first-order valence-electron chi connectivity index (χ1n) is 8.30. The number of aryl methyl sites for hydroxylation is 1.